The first-order chi connectivity index (χ1) is 18.5. The van der Waals surface area contributed by atoms with Gasteiger partial charge in [0.15, 0.2) is 0 Å². The number of quaternary nitrogens is 1. The summed E-state index contributed by atoms with van der Waals surface area (Å²) < 4.78 is 47.2. The molecule has 0 bridgehead atoms. The fourth-order valence-corrected chi connectivity index (χ4v) is 5.07. The van der Waals surface area contributed by atoms with Crippen molar-refractivity contribution in [2.45, 2.75) is 77.0 Å². The minimum Gasteiger partial charge on any atom is -0.444 e. The lowest BCUT2D eigenvalue weighted by molar-refractivity contribution is -0.790. The Morgan fingerprint density at radius 1 is 1.02 bits per heavy atom. The topological polar surface area (TPSA) is 105 Å². The Morgan fingerprint density at radius 2 is 1.65 bits per heavy atom. The van der Waals surface area contributed by atoms with Crippen LogP contribution in [0.3, 0.4) is 0 Å². The van der Waals surface area contributed by atoms with Crippen molar-refractivity contribution in [3.63, 3.8) is 0 Å². The highest BCUT2D eigenvalue weighted by Crippen LogP contribution is 2.44. The van der Waals surface area contributed by atoms with Gasteiger partial charge in [0.2, 0.25) is 0 Å². The van der Waals surface area contributed by atoms with Crippen LogP contribution in [0.4, 0.5) is 22.8 Å². The van der Waals surface area contributed by atoms with Crippen molar-refractivity contribution < 1.29 is 41.9 Å². The van der Waals surface area contributed by atoms with Gasteiger partial charge in [-0.3, -0.25) is 0 Å². The fraction of sp³-hybridized carbons (Fsp3) is 0.464. The van der Waals surface area contributed by atoms with Gasteiger partial charge in [-0.1, -0.05) is 48.0 Å². The Hall–Kier alpha value is -3.15. The summed E-state index contributed by atoms with van der Waals surface area (Å²) in [6.07, 6.45) is -5.42. The molecule has 0 saturated carbocycles. The first kappa shape index (κ1) is 31.4. The number of hydrogen-bond donors (Lipinski definition) is 3. The SMILES string of the molecule is C[C@@H]1CCC[N+]1(C(=O)NCc1cc(Cl)ccc1CNC(=O)OC(C)(C)C)C(=O)C(O)(c1ccccc1)C(F)(F)F. The Balaban J connectivity index is 1.90. The number of alkyl halides is 3. The van der Waals surface area contributed by atoms with Gasteiger partial charge >= 0.3 is 29.8 Å². The molecule has 2 unspecified atom stereocenters. The van der Waals surface area contributed by atoms with E-state index in [1.165, 1.54) is 25.1 Å². The quantitative estimate of drug-likeness (QED) is 0.386. The van der Waals surface area contributed by atoms with Crippen LogP contribution < -0.4 is 10.6 Å². The number of nitrogens with one attached hydrogen (secondary N) is 2. The lowest BCUT2D eigenvalue weighted by Gasteiger charge is -2.39. The maximum absolute atomic E-state index is 14.4. The molecule has 0 aliphatic carbocycles. The second-order valence-corrected chi connectivity index (χ2v) is 11.3. The number of imide groups is 1. The number of hydrogen-bond acceptors (Lipinski definition) is 5. The van der Waals surface area contributed by atoms with Crippen LogP contribution in [0.25, 0.3) is 0 Å². The van der Waals surface area contributed by atoms with Gasteiger partial charge < -0.3 is 20.5 Å². The number of halogens is 4. The Labute approximate surface area is 236 Å². The molecule has 218 valence electrons. The molecule has 1 aliphatic rings. The van der Waals surface area contributed by atoms with Gasteiger partial charge in [0.05, 0.1) is 6.54 Å². The number of amides is 4. The van der Waals surface area contributed by atoms with Gasteiger partial charge in [0.1, 0.15) is 11.6 Å². The predicted molar refractivity (Wildman–Crippen MR) is 142 cm³/mol. The smallest absolute Gasteiger partial charge is 0.434 e. The van der Waals surface area contributed by atoms with E-state index < -0.39 is 51.5 Å². The molecule has 40 heavy (non-hydrogen) atoms. The maximum atomic E-state index is 14.4. The summed E-state index contributed by atoms with van der Waals surface area (Å²) in [4.78, 5) is 39.5. The van der Waals surface area contributed by atoms with Crippen LogP contribution in [0.15, 0.2) is 48.5 Å². The zero-order chi connectivity index (χ0) is 29.9. The molecule has 1 saturated heterocycles. The number of benzene rings is 2. The van der Waals surface area contributed by atoms with E-state index in [0.29, 0.717) is 29.0 Å². The van der Waals surface area contributed by atoms with Gasteiger partial charge in [-0.15, -0.1) is 0 Å². The highest BCUT2D eigenvalue weighted by atomic mass is 35.5. The van der Waals surface area contributed by atoms with E-state index in [9.17, 15) is 32.7 Å². The molecule has 0 aromatic heterocycles. The number of ether oxygens (including phenoxy) is 1. The van der Waals surface area contributed by atoms with Crippen molar-refractivity contribution in [3.05, 3.63) is 70.2 Å². The summed E-state index contributed by atoms with van der Waals surface area (Å²) in [7, 11) is 0. The van der Waals surface area contributed by atoms with Crippen LogP contribution in [0.1, 0.15) is 57.2 Å². The maximum Gasteiger partial charge on any atom is 0.434 e. The first-order valence-corrected chi connectivity index (χ1v) is 13.2. The van der Waals surface area contributed by atoms with E-state index in [4.69, 9.17) is 16.3 Å². The van der Waals surface area contributed by atoms with Crippen molar-refractivity contribution in [1.29, 1.82) is 0 Å². The van der Waals surface area contributed by atoms with Gasteiger partial charge in [-0.2, -0.15) is 17.7 Å². The standard InChI is InChI=1S/C28H33ClF3N3O5/c1-18-9-8-14-35(18,23(36)27(39,28(30,31)32)21-10-6-5-7-11-21)24(37)33-17-20-15-22(29)13-12-19(20)16-34-25(38)40-26(2,3)4/h5-7,10-13,15,18,39H,8-9,14,16-17H2,1-4H3,(H-,33,34,37,38)/p+1/t18-,27?,35?/m1/s1. The molecule has 2 aromatic rings. The summed E-state index contributed by atoms with van der Waals surface area (Å²) >= 11 is 6.15. The second kappa shape index (κ2) is 11.8. The molecular weight excluding hydrogens is 551 g/mol. The largest absolute Gasteiger partial charge is 0.444 e. The number of carbonyl (C=O) groups is 3. The van der Waals surface area contributed by atoms with E-state index in [-0.39, 0.29) is 19.6 Å². The van der Waals surface area contributed by atoms with E-state index in [2.05, 4.69) is 10.6 Å². The number of aliphatic hydroxyl groups is 1. The molecule has 3 N–H and O–H groups in total. The van der Waals surface area contributed by atoms with Crippen molar-refractivity contribution in [2.75, 3.05) is 6.54 Å². The number of urea groups is 1. The van der Waals surface area contributed by atoms with Crippen molar-refractivity contribution in [3.8, 4) is 0 Å². The monoisotopic (exact) mass is 584 g/mol. The van der Waals surface area contributed by atoms with Crippen LogP contribution >= 0.6 is 11.6 Å². The lowest BCUT2D eigenvalue weighted by atomic mass is 9.90. The summed E-state index contributed by atoms with van der Waals surface area (Å²) in [5, 5.41) is 16.5. The highest BCUT2D eigenvalue weighted by molar-refractivity contribution is 6.30. The first-order valence-electron chi connectivity index (χ1n) is 12.8. The van der Waals surface area contributed by atoms with E-state index >= 15 is 0 Å². The van der Waals surface area contributed by atoms with E-state index in [1.807, 2.05) is 0 Å². The second-order valence-electron chi connectivity index (χ2n) is 10.9. The van der Waals surface area contributed by atoms with Crippen molar-refractivity contribution in [2.24, 2.45) is 0 Å². The molecule has 12 heteroatoms. The molecule has 1 fully saturated rings. The zero-order valence-corrected chi connectivity index (χ0v) is 23.5. The number of rotatable bonds is 6. The average molecular weight is 585 g/mol. The van der Waals surface area contributed by atoms with Crippen LogP contribution in [0, 0.1) is 0 Å². The van der Waals surface area contributed by atoms with E-state index in [1.54, 1.807) is 39.0 Å². The average Bonchev–Trinajstić information content (AvgIpc) is 3.26. The normalized spacial score (nSPS) is 20.9. The van der Waals surface area contributed by atoms with Crippen LogP contribution in [0.5, 0.6) is 0 Å². The Bertz CT molecular complexity index is 1250. The molecule has 0 spiro atoms. The van der Waals surface area contributed by atoms with Crippen LogP contribution in [0.2, 0.25) is 5.02 Å². The number of carbonyl (C=O) groups excluding carboxylic acids is 3. The summed E-state index contributed by atoms with van der Waals surface area (Å²) in [6.45, 7) is 6.28. The zero-order valence-electron chi connectivity index (χ0n) is 22.8. The van der Waals surface area contributed by atoms with Gasteiger partial charge in [0.25, 0.3) is 0 Å². The molecule has 3 atom stereocenters. The van der Waals surface area contributed by atoms with Crippen LogP contribution in [-0.2, 0) is 28.2 Å². The van der Waals surface area contributed by atoms with Crippen LogP contribution in [-0.4, -0.2) is 52.0 Å². The third kappa shape index (κ3) is 6.42. The number of nitrogens with zero attached hydrogens (tertiary/aromatic N) is 1. The van der Waals surface area contributed by atoms with Crippen molar-refractivity contribution >= 4 is 29.6 Å². The molecule has 8 nitrogen and oxygen atoms in total. The lowest BCUT2D eigenvalue weighted by Crippen LogP contribution is -2.70. The highest BCUT2D eigenvalue weighted by Gasteiger charge is 2.70. The predicted octanol–water partition coefficient (Wildman–Crippen LogP) is 5.55. The molecule has 4 amide bonds. The van der Waals surface area contributed by atoms with E-state index in [0.717, 1.165) is 12.1 Å². The summed E-state index contributed by atoms with van der Waals surface area (Å²) in [5.41, 5.74) is -4.23. The Kier molecular flexibility index (Phi) is 9.22. The molecule has 0 radical (unpaired) electrons. The number of alkyl carbamates (subject to hydrolysis) is 1. The van der Waals surface area contributed by atoms with Gasteiger partial charge in [0, 0.05) is 36.5 Å². The third-order valence-corrected chi connectivity index (χ3v) is 7.18. The van der Waals surface area contributed by atoms with Crippen molar-refractivity contribution in [1.82, 2.24) is 10.6 Å². The molecular formula is C28H34ClF3N3O5+. The molecule has 1 heterocycles. The van der Waals surface area contributed by atoms with Gasteiger partial charge in [-0.05, 0) is 51.0 Å². The minimum atomic E-state index is -5.38. The van der Waals surface area contributed by atoms with Gasteiger partial charge in [-0.25, -0.2) is 14.4 Å². The third-order valence-electron chi connectivity index (χ3n) is 6.94. The molecule has 3 rings (SSSR count). The summed E-state index contributed by atoms with van der Waals surface area (Å²) in [5.74, 6) is -1.66. The number of likely N-dealkylation sites (tertiary alicyclic amines) is 1. The molecule has 1 aliphatic heterocycles. The minimum absolute atomic E-state index is 0.0223. The summed E-state index contributed by atoms with van der Waals surface area (Å²) in [6, 6.07) is 9.01. The Morgan fingerprint density at radius 3 is 2.20 bits per heavy atom. The fourth-order valence-electron chi connectivity index (χ4n) is 4.87. The molecule has 2 aromatic carbocycles.